The molecule has 1 N–H and O–H groups in total. The van der Waals surface area contributed by atoms with Gasteiger partial charge in [0.25, 0.3) is 5.91 Å². The summed E-state index contributed by atoms with van der Waals surface area (Å²) in [6, 6.07) is 11.7. The van der Waals surface area contributed by atoms with Gasteiger partial charge in [0.05, 0.1) is 44.2 Å². The van der Waals surface area contributed by atoms with E-state index >= 15 is 0 Å². The topological polar surface area (TPSA) is 105 Å². The van der Waals surface area contributed by atoms with Gasteiger partial charge in [-0.15, -0.1) is 0 Å². The first-order valence-corrected chi connectivity index (χ1v) is 12.7. The van der Waals surface area contributed by atoms with Crippen LogP contribution in [-0.4, -0.2) is 42.8 Å². The Morgan fingerprint density at radius 3 is 2.47 bits per heavy atom. The molecule has 9 heteroatoms. The first-order valence-electron chi connectivity index (χ1n) is 12.7. The minimum Gasteiger partial charge on any atom is -0.493 e. The molecule has 4 aromatic rings. The molecule has 0 spiro atoms. The van der Waals surface area contributed by atoms with Gasteiger partial charge in [-0.2, -0.15) is 0 Å². The van der Waals surface area contributed by atoms with Crippen molar-refractivity contribution in [3.8, 4) is 22.9 Å². The highest BCUT2D eigenvalue weighted by molar-refractivity contribution is 6.00. The number of hydrogen-bond acceptors (Lipinski definition) is 7. The predicted octanol–water partition coefficient (Wildman–Crippen LogP) is 5.46. The van der Waals surface area contributed by atoms with E-state index in [9.17, 15) is 9.59 Å². The van der Waals surface area contributed by atoms with Crippen LogP contribution in [0.2, 0.25) is 0 Å². The summed E-state index contributed by atoms with van der Waals surface area (Å²) < 4.78 is 23.3. The molecule has 1 amide bonds. The SMILES string of the molecule is COC(=O)C(NC(=O)c1ccc2c(c1)nc(-c1ccoc1)n2C1CCCCC1)c1ccc(OC)c(OC)c1. The molecule has 0 saturated heterocycles. The van der Waals surface area contributed by atoms with E-state index < -0.39 is 17.9 Å². The average Bonchev–Trinajstić information content (AvgIpc) is 3.63. The van der Waals surface area contributed by atoms with Gasteiger partial charge in [-0.3, -0.25) is 4.79 Å². The summed E-state index contributed by atoms with van der Waals surface area (Å²) in [5.41, 5.74) is 3.47. The van der Waals surface area contributed by atoms with E-state index in [1.54, 1.807) is 42.9 Å². The van der Waals surface area contributed by atoms with Crippen LogP contribution in [0.1, 0.15) is 60.1 Å². The van der Waals surface area contributed by atoms with Crippen molar-refractivity contribution in [3.63, 3.8) is 0 Å². The first kappa shape index (κ1) is 25.4. The van der Waals surface area contributed by atoms with E-state index in [1.165, 1.54) is 40.6 Å². The number of carbonyl (C=O) groups is 2. The van der Waals surface area contributed by atoms with Crippen molar-refractivity contribution >= 4 is 22.9 Å². The number of nitrogens with one attached hydrogen (secondary N) is 1. The Morgan fingerprint density at radius 1 is 1.00 bits per heavy atom. The van der Waals surface area contributed by atoms with Crippen LogP contribution in [-0.2, 0) is 9.53 Å². The van der Waals surface area contributed by atoms with E-state index in [4.69, 9.17) is 23.6 Å². The van der Waals surface area contributed by atoms with Crippen molar-refractivity contribution < 1.29 is 28.2 Å². The summed E-state index contributed by atoms with van der Waals surface area (Å²) in [5, 5.41) is 2.81. The lowest BCUT2D eigenvalue weighted by atomic mass is 9.95. The van der Waals surface area contributed by atoms with E-state index in [0.29, 0.717) is 34.2 Å². The van der Waals surface area contributed by atoms with Gasteiger partial charge in [-0.25, -0.2) is 9.78 Å². The number of ether oxygens (including phenoxy) is 3. The fourth-order valence-electron chi connectivity index (χ4n) is 5.19. The molecule has 2 aromatic heterocycles. The Hall–Kier alpha value is -4.27. The van der Waals surface area contributed by atoms with Gasteiger partial charge >= 0.3 is 5.97 Å². The standard InChI is InChI=1S/C29H31N3O6/c1-35-24-12-10-18(16-25(24)36-2)26(29(34)37-3)31-28(33)19-9-11-23-22(15-19)30-27(20-13-14-38-17-20)32(23)21-7-5-4-6-8-21/h9-17,21,26H,4-8H2,1-3H3,(H,31,33). The van der Waals surface area contributed by atoms with Gasteiger partial charge in [-0.1, -0.05) is 25.3 Å². The first-order chi connectivity index (χ1) is 18.5. The van der Waals surface area contributed by atoms with Gasteiger partial charge in [-0.05, 0) is 54.8 Å². The molecule has 2 aromatic carbocycles. The molecule has 1 aliphatic rings. The highest BCUT2D eigenvalue weighted by Gasteiger charge is 2.27. The van der Waals surface area contributed by atoms with Crippen LogP contribution in [0.4, 0.5) is 0 Å². The number of fused-ring (bicyclic) bond motifs is 1. The number of amides is 1. The van der Waals surface area contributed by atoms with Crippen molar-refractivity contribution in [2.24, 2.45) is 0 Å². The monoisotopic (exact) mass is 517 g/mol. The molecule has 0 bridgehead atoms. The summed E-state index contributed by atoms with van der Waals surface area (Å²) in [5.74, 6) is 0.758. The Bertz CT molecular complexity index is 1440. The number of benzene rings is 2. The van der Waals surface area contributed by atoms with Gasteiger partial charge in [0.1, 0.15) is 12.1 Å². The summed E-state index contributed by atoms with van der Waals surface area (Å²) in [6.45, 7) is 0. The number of furan rings is 1. The van der Waals surface area contributed by atoms with Gasteiger partial charge in [0, 0.05) is 11.6 Å². The smallest absolute Gasteiger partial charge is 0.333 e. The molecule has 1 aliphatic carbocycles. The summed E-state index contributed by atoms with van der Waals surface area (Å²) >= 11 is 0. The third-order valence-electron chi connectivity index (χ3n) is 7.12. The number of imidazole rings is 1. The number of aromatic nitrogens is 2. The Labute approximate surface area is 220 Å². The fraction of sp³-hybridized carbons (Fsp3) is 0.345. The molecular weight excluding hydrogens is 486 g/mol. The van der Waals surface area contributed by atoms with E-state index in [2.05, 4.69) is 9.88 Å². The zero-order valence-corrected chi connectivity index (χ0v) is 21.7. The van der Waals surface area contributed by atoms with Crippen molar-refractivity contribution in [1.29, 1.82) is 0 Å². The van der Waals surface area contributed by atoms with Crippen LogP contribution in [0.5, 0.6) is 11.5 Å². The third kappa shape index (κ3) is 4.83. The predicted molar refractivity (Wildman–Crippen MR) is 141 cm³/mol. The van der Waals surface area contributed by atoms with Crippen LogP contribution in [0.15, 0.2) is 59.4 Å². The molecule has 2 heterocycles. The van der Waals surface area contributed by atoms with Crippen LogP contribution in [0.25, 0.3) is 22.4 Å². The van der Waals surface area contributed by atoms with Crippen molar-refractivity contribution in [1.82, 2.24) is 14.9 Å². The number of carbonyl (C=O) groups excluding carboxylic acids is 2. The fourth-order valence-corrected chi connectivity index (χ4v) is 5.19. The highest BCUT2D eigenvalue weighted by atomic mass is 16.5. The largest absolute Gasteiger partial charge is 0.493 e. The lowest BCUT2D eigenvalue weighted by Crippen LogP contribution is -2.34. The second kappa shape index (κ2) is 11.0. The molecule has 1 saturated carbocycles. The molecule has 1 fully saturated rings. The van der Waals surface area contributed by atoms with Crippen LogP contribution in [0.3, 0.4) is 0 Å². The number of hydrogen-bond donors (Lipinski definition) is 1. The average molecular weight is 518 g/mol. The maximum absolute atomic E-state index is 13.4. The molecule has 1 unspecified atom stereocenters. The van der Waals surface area contributed by atoms with Crippen LogP contribution >= 0.6 is 0 Å². The van der Waals surface area contributed by atoms with E-state index in [-0.39, 0.29) is 0 Å². The minimum atomic E-state index is -1.04. The molecule has 5 rings (SSSR count). The van der Waals surface area contributed by atoms with E-state index in [1.807, 2.05) is 12.1 Å². The van der Waals surface area contributed by atoms with Crippen molar-refractivity contribution in [2.45, 2.75) is 44.2 Å². The summed E-state index contributed by atoms with van der Waals surface area (Å²) in [4.78, 5) is 30.9. The third-order valence-corrected chi connectivity index (χ3v) is 7.12. The quantitative estimate of drug-likeness (QED) is 0.309. The zero-order valence-electron chi connectivity index (χ0n) is 21.7. The normalized spacial score (nSPS) is 14.7. The molecule has 38 heavy (non-hydrogen) atoms. The Morgan fingerprint density at radius 2 is 1.79 bits per heavy atom. The van der Waals surface area contributed by atoms with Gasteiger partial charge in [0.2, 0.25) is 0 Å². The number of esters is 1. The number of nitrogens with zero attached hydrogens (tertiary/aromatic N) is 2. The second-order valence-corrected chi connectivity index (χ2v) is 9.36. The maximum Gasteiger partial charge on any atom is 0.333 e. The van der Waals surface area contributed by atoms with Crippen molar-refractivity contribution in [3.05, 3.63) is 66.1 Å². The Kier molecular flexibility index (Phi) is 7.35. The summed E-state index contributed by atoms with van der Waals surface area (Å²) in [7, 11) is 4.32. The molecular formula is C29H31N3O6. The second-order valence-electron chi connectivity index (χ2n) is 9.36. The lowest BCUT2D eigenvalue weighted by molar-refractivity contribution is -0.143. The molecule has 9 nitrogen and oxygen atoms in total. The summed E-state index contributed by atoms with van der Waals surface area (Å²) in [6.07, 6.45) is 9.12. The maximum atomic E-state index is 13.4. The Balaban J connectivity index is 1.48. The molecule has 0 aliphatic heterocycles. The molecule has 1 atom stereocenters. The van der Waals surface area contributed by atoms with Gasteiger partial charge in [0.15, 0.2) is 17.5 Å². The van der Waals surface area contributed by atoms with E-state index in [0.717, 1.165) is 29.7 Å². The minimum absolute atomic E-state index is 0.340. The highest BCUT2D eigenvalue weighted by Crippen LogP contribution is 2.36. The molecule has 198 valence electrons. The van der Waals surface area contributed by atoms with Gasteiger partial charge < -0.3 is 28.5 Å². The van der Waals surface area contributed by atoms with Crippen molar-refractivity contribution in [2.75, 3.05) is 21.3 Å². The van der Waals surface area contributed by atoms with Crippen LogP contribution < -0.4 is 14.8 Å². The lowest BCUT2D eigenvalue weighted by Gasteiger charge is -2.25. The number of methoxy groups -OCH3 is 3. The number of rotatable bonds is 8. The zero-order chi connectivity index (χ0) is 26.6. The molecule has 0 radical (unpaired) electrons. The van der Waals surface area contributed by atoms with Crippen LogP contribution in [0, 0.1) is 0 Å².